The number of benzene rings is 1. The number of rotatable bonds is 3. The zero-order valence-corrected chi connectivity index (χ0v) is 15.5. The lowest BCUT2D eigenvalue weighted by molar-refractivity contribution is 0.0127. The van der Waals surface area contributed by atoms with Crippen LogP contribution in [0.15, 0.2) is 18.2 Å². The van der Waals surface area contributed by atoms with Crippen LogP contribution in [0.3, 0.4) is 0 Å². The minimum Gasteiger partial charge on any atom is -0.488 e. The Morgan fingerprint density at radius 3 is 2.56 bits per heavy atom. The highest BCUT2D eigenvalue weighted by Gasteiger charge is 2.28. The summed E-state index contributed by atoms with van der Waals surface area (Å²) >= 11 is 4.77. The molecule has 0 atom stereocenters. The van der Waals surface area contributed by atoms with E-state index in [2.05, 4.69) is 5.32 Å². The van der Waals surface area contributed by atoms with Gasteiger partial charge in [-0.05, 0) is 45.1 Å². The van der Waals surface area contributed by atoms with Gasteiger partial charge in [0.25, 0.3) is 0 Å². The molecule has 2 rings (SSSR count). The Morgan fingerprint density at radius 1 is 1.36 bits per heavy atom. The van der Waals surface area contributed by atoms with E-state index < -0.39 is 11.4 Å². The molecule has 1 fully saturated rings. The van der Waals surface area contributed by atoms with Crippen LogP contribution in [0.2, 0.25) is 0 Å². The van der Waals surface area contributed by atoms with Gasteiger partial charge in [-0.25, -0.2) is 9.18 Å². The van der Waals surface area contributed by atoms with Crippen LogP contribution in [0.4, 0.5) is 14.9 Å². The maximum atomic E-state index is 14.0. The van der Waals surface area contributed by atoms with Crippen molar-refractivity contribution in [3.8, 4) is 5.75 Å². The Kier molecular flexibility index (Phi) is 6.05. The molecule has 25 heavy (non-hydrogen) atoms. The predicted molar refractivity (Wildman–Crippen MR) is 98.3 cm³/mol. The number of hydrogen-bond acceptors (Lipinski definition) is 4. The van der Waals surface area contributed by atoms with E-state index in [0.717, 1.165) is 0 Å². The molecule has 6 nitrogen and oxygen atoms in total. The summed E-state index contributed by atoms with van der Waals surface area (Å²) < 4.78 is 25.2. The van der Waals surface area contributed by atoms with Crippen LogP contribution in [0.1, 0.15) is 33.6 Å². The number of nitrogens with zero attached hydrogens (tertiary/aromatic N) is 1. The largest absolute Gasteiger partial charge is 0.488 e. The van der Waals surface area contributed by atoms with Crippen LogP contribution >= 0.6 is 12.2 Å². The number of para-hydroxylation sites is 1. The standard InChI is InChI=1S/C17H24FN3O3S/c1-17(2,3)24-16(22)21-9-7-11(8-10-21)23-13-6-4-5-12(18)14(13)20-15(19)25/h4-6,11H,7-10H2,1-3H3,(H3,19,20,25). The summed E-state index contributed by atoms with van der Waals surface area (Å²) in [4.78, 5) is 13.7. The van der Waals surface area contributed by atoms with E-state index in [4.69, 9.17) is 27.4 Å². The number of hydrogen-bond donors (Lipinski definition) is 2. The molecule has 1 aliphatic heterocycles. The second-order valence-corrected chi connectivity index (χ2v) is 7.33. The van der Waals surface area contributed by atoms with Gasteiger partial charge in [-0.1, -0.05) is 6.07 Å². The maximum absolute atomic E-state index is 14.0. The average Bonchev–Trinajstić information content (AvgIpc) is 2.49. The van der Waals surface area contributed by atoms with Crippen molar-refractivity contribution < 1.29 is 18.7 Å². The third-order valence-corrected chi connectivity index (χ3v) is 3.71. The minimum absolute atomic E-state index is 0.0327. The van der Waals surface area contributed by atoms with Crippen molar-refractivity contribution in [2.24, 2.45) is 5.73 Å². The Hall–Kier alpha value is -2.09. The zero-order chi connectivity index (χ0) is 18.6. The number of halogens is 1. The highest BCUT2D eigenvalue weighted by Crippen LogP contribution is 2.30. The average molecular weight is 369 g/mol. The first-order valence-electron chi connectivity index (χ1n) is 8.15. The molecule has 1 amide bonds. The summed E-state index contributed by atoms with van der Waals surface area (Å²) in [5, 5.41) is 2.58. The lowest BCUT2D eigenvalue weighted by Gasteiger charge is -2.33. The lowest BCUT2D eigenvalue weighted by Crippen LogP contribution is -2.44. The monoisotopic (exact) mass is 369 g/mol. The van der Waals surface area contributed by atoms with E-state index >= 15 is 0 Å². The Labute approximate surface area is 152 Å². The Bertz CT molecular complexity index is 641. The lowest BCUT2D eigenvalue weighted by atomic mass is 10.1. The number of likely N-dealkylation sites (tertiary alicyclic amines) is 1. The number of amides is 1. The fraction of sp³-hybridized carbons (Fsp3) is 0.529. The highest BCUT2D eigenvalue weighted by atomic mass is 32.1. The molecule has 0 saturated carbocycles. The summed E-state index contributed by atoms with van der Waals surface area (Å²) in [6.45, 7) is 6.54. The van der Waals surface area contributed by atoms with E-state index in [1.807, 2.05) is 20.8 Å². The SMILES string of the molecule is CC(C)(C)OC(=O)N1CCC(Oc2cccc(F)c2NC(N)=S)CC1. The van der Waals surface area contributed by atoms with Gasteiger partial charge < -0.3 is 25.4 Å². The third-order valence-electron chi connectivity index (χ3n) is 3.61. The van der Waals surface area contributed by atoms with Crippen molar-refractivity contribution in [2.75, 3.05) is 18.4 Å². The number of carbonyl (C=O) groups is 1. The molecule has 1 saturated heterocycles. The van der Waals surface area contributed by atoms with Crippen molar-refractivity contribution in [3.63, 3.8) is 0 Å². The maximum Gasteiger partial charge on any atom is 0.410 e. The van der Waals surface area contributed by atoms with E-state index in [0.29, 0.717) is 31.7 Å². The van der Waals surface area contributed by atoms with Crippen molar-refractivity contribution in [1.29, 1.82) is 0 Å². The first-order chi connectivity index (χ1) is 11.7. The molecule has 0 bridgehead atoms. The van der Waals surface area contributed by atoms with Gasteiger partial charge in [-0.3, -0.25) is 0 Å². The van der Waals surface area contributed by atoms with Gasteiger partial charge >= 0.3 is 6.09 Å². The van der Waals surface area contributed by atoms with Gasteiger partial charge in [0.1, 0.15) is 23.1 Å². The van der Waals surface area contributed by atoms with Crippen LogP contribution in [0.5, 0.6) is 5.75 Å². The van der Waals surface area contributed by atoms with Crippen LogP contribution < -0.4 is 15.8 Å². The topological polar surface area (TPSA) is 76.8 Å². The highest BCUT2D eigenvalue weighted by molar-refractivity contribution is 7.80. The number of anilines is 1. The molecular formula is C17H24FN3O3S. The fourth-order valence-electron chi connectivity index (χ4n) is 2.51. The quantitative estimate of drug-likeness (QED) is 0.797. The zero-order valence-electron chi connectivity index (χ0n) is 14.7. The van der Waals surface area contributed by atoms with E-state index in [9.17, 15) is 9.18 Å². The van der Waals surface area contributed by atoms with Gasteiger partial charge in [0.2, 0.25) is 0 Å². The second-order valence-electron chi connectivity index (χ2n) is 6.89. The Morgan fingerprint density at radius 2 is 2.00 bits per heavy atom. The molecule has 0 aliphatic carbocycles. The molecule has 0 aromatic heterocycles. The van der Waals surface area contributed by atoms with Gasteiger partial charge in [0.15, 0.2) is 10.9 Å². The van der Waals surface area contributed by atoms with Crippen molar-refractivity contribution >= 4 is 29.1 Å². The molecule has 0 unspecified atom stereocenters. The number of nitrogens with one attached hydrogen (secondary N) is 1. The summed E-state index contributed by atoms with van der Waals surface area (Å²) in [6.07, 6.45) is 0.796. The molecule has 8 heteroatoms. The van der Waals surface area contributed by atoms with E-state index in [1.54, 1.807) is 17.0 Å². The summed E-state index contributed by atoms with van der Waals surface area (Å²) in [5.41, 5.74) is 5.05. The van der Waals surface area contributed by atoms with Crippen LogP contribution in [-0.4, -0.2) is 40.9 Å². The molecule has 1 heterocycles. The summed E-state index contributed by atoms with van der Waals surface area (Å²) in [6, 6.07) is 4.52. The molecule has 1 aromatic rings. The van der Waals surface area contributed by atoms with Crippen molar-refractivity contribution in [3.05, 3.63) is 24.0 Å². The minimum atomic E-state index is -0.521. The molecule has 138 valence electrons. The molecule has 0 radical (unpaired) electrons. The summed E-state index contributed by atoms with van der Waals surface area (Å²) in [7, 11) is 0. The smallest absolute Gasteiger partial charge is 0.410 e. The second kappa shape index (κ2) is 7.86. The van der Waals surface area contributed by atoms with Crippen LogP contribution in [0, 0.1) is 5.82 Å². The van der Waals surface area contributed by atoms with Crippen molar-refractivity contribution in [1.82, 2.24) is 4.90 Å². The number of thiocarbonyl (C=S) groups is 1. The molecule has 3 N–H and O–H groups in total. The molecule has 1 aliphatic rings. The molecule has 0 spiro atoms. The fourth-order valence-corrected chi connectivity index (χ4v) is 2.61. The van der Waals surface area contributed by atoms with Crippen LogP contribution in [0.25, 0.3) is 0 Å². The number of nitrogens with two attached hydrogens (primary N) is 1. The van der Waals surface area contributed by atoms with Gasteiger partial charge in [-0.15, -0.1) is 0 Å². The van der Waals surface area contributed by atoms with Gasteiger partial charge in [-0.2, -0.15) is 0 Å². The van der Waals surface area contributed by atoms with E-state index in [1.165, 1.54) is 6.07 Å². The normalized spacial score (nSPS) is 15.6. The first-order valence-corrected chi connectivity index (χ1v) is 8.56. The van der Waals surface area contributed by atoms with Gasteiger partial charge in [0.05, 0.1) is 0 Å². The number of ether oxygens (including phenoxy) is 2. The third kappa shape index (κ3) is 5.74. The van der Waals surface area contributed by atoms with Gasteiger partial charge in [0, 0.05) is 25.9 Å². The summed E-state index contributed by atoms with van der Waals surface area (Å²) in [5.74, 6) is -0.139. The molecular weight excluding hydrogens is 345 g/mol. The van der Waals surface area contributed by atoms with Crippen LogP contribution in [-0.2, 0) is 4.74 Å². The number of carbonyl (C=O) groups excluding carboxylic acids is 1. The molecule has 1 aromatic carbocycles. The number of piperidine rings is 1. The predicted octanol–water partition coefficient (Wildman–Crippen LogP) is 3.26. The van der Waals surface area contributed by atoms with Crippen molar-refractivity contribution in [2.45, 2.75) is 45.3 Å². The van der Waals surface area contributed by atoms with E-state index in [-0.39, 0.29) is 23.0 Å². The Balaban J connectivity index is 1.95. The first kappa shape index (κ1) is 19.2.